The van der Waals surface area contributed by atoms with Crippen LogP contribution in [0.4, 0.5) is 8.78 Å². The van der Waals surface area contributed by atoms with Gasteiger partial charge in [0, 0.05) is 28.8 Å². The average molecular weight is 578 g/mol. The van der Waals surface area contributed by atoms with Crippen LogP contribution in [0.2, 0.25) is 0 Å². The second-order valence-corrected chi connectivity index (χ2v) is 11.5. The quantitative estimate of drug-likeness (QED) is 0.356. The minimum atomic E-state index is -1.15. The van der Waals surface area contributed by atoms with Crippen molar-refractivity contribution in [3.05, 3.63) is 64.9 Å². The van der Waals surface area contributed by atoms with E-state index in [1.165, 1.54) is 17.1 Å². The molecule has 0 fully saturated rings. The lowest BCUT2D eigenvalue weighted by Gasteiger charge is -2.20. The highest BCUT2D eigenvalue weighted by Crippen LogP contribution is 2.37. The zero-order valence-electron chi connectivity index (χ0n) is 24.5. The molecule has 0 saturated carbocycles. The molecule has 11 heteroatoms. The summed E-state index contributed by atoms with van der Waals surface area (Å²) in [6.45, 7) is 9.23. The summed E-state index contributed by atoms with van der Waals surface area (Å²) < 4.78 is 40.7. The minimum absolute atomic E-state index is 0.0948. The number of benzene rings is 2. The number of carbonyl (C=O) groups excluding carboxylic acids is 2. The summed E-state index contributed by atoms with van der Waals surface area (Å²) >= 11 is 0. The van der Waals surface area contributed by atoms with E-state index in [-0.39, 0.29) is 29.5 Å². The maximum atomic E-state index is 14.9. The Bertz CT molecular complexity index is 1660. The molecule has 1 aromatic heterocycles. The molecule has 5 rings (SSSR count). The van der Waals surface area contributed by atoms with Crippen molar-refractivity contribution in [1.29, 1.82) is 0 Å². The average Bonchev–Trinajstić information content (AvgIpc) is 3.35. The van der Waals surface area contributed by atoms with Crippen molar-refractivity contribution in [1.82, 2.24) is 15.4 Å². The molecule has 0 saturated heterocycles. The second-order valence-electron chi connectivity index (χ2n) is 11.5. The monoisotopic (exact) mass is 577 g/mol. The van der Waals surface area contributed by atoms with Gasteiger partial charge in [-0.2, -0.15) is 14.6 Å². The van der Waals surface area contributed by atoms with E-state index in [0.29, 0.717) is 36.4 Å². The number of hydrogen-bond acceptors (Lipinski definition) is 7. The molecule has 3 heterocycles. The third-order valence-electron chi connectivity index (χ3n) is 7.77. The fourth-order valence-electron chi connectivity index (χ4n) is 5.18. The first-order valence-electron chi connectivity index (χ1n) is 13.7. The first-order valence-corrected chi connectivity index (χ1v) is 13.7. The summed E-state index contributed by atoms with van der Waals surface area (Å²) in [7, 11) is 1.59. The Morgan fingerprint density at radius 3 is 2.29 bits per heavy atom. The Kier molecular flexibility index (Phi) is 7.46. The molecular formula is C31H33F2N5O4. The van der Waals surface area contributed by atoms with E-state index in [2.05, 4.69) is 15.5 Å². The lowest BCUT2D eigenvalue weighted by molar-refractivity contribution is -0.135. The van der Waals surface area contributed by atoms with E-state index in [0.717, 1.165) is 16.6 Å². The van der Waals surface area contributed by atoms with E-state index >= 15 is 0 Å². The lowest BCUT2D eigenvalue weighted by atomic mass is 9.82. The Hall–Kier alpha value is -4.41. The van der Waals surface area contributed by atoms with Gasteiger partial charge in [-0.3, -0.25) is 9.59 Å². The van der Waals surface area contributed by atoms with Crippen molar-refractivity contribution in [3.63, 3.8) is 0 Å². The van der Waals surface area contributed by atoms with Gasteiger partial charge < -0.3 is 9.47 Å². The maximum Gasteiger partial charge on any atom is 0.254 e. The first-order chi connectivity index (χ1) is 19.9. The molecule has 0 unspecified atom stereocenters. The van der Waals surface area contributed by atoms with Crippen molar-refractivity contribution in [2.75, 3.05) is 20.3 Å². The third kappa shape index (κ3) is 4.86. The summed E-state index contributed by atoms with van der Waals surface area (Å²) in [5, 5.41) is 10.9. The Morgan fingerprint density at radius 2 is 1.60 bits per heavy atom. The van der Waals surface area contributed by atoms with Crippen LogP contribution in [0.1, 0.15) is 57.4 Å². The number of hydrazone groups is 2. The van der Waals surface area contributed by atoms with E-state index in [9.17, 15) is 18.4 Å². The summed E-state index contributed by atoms with van der Waals surface area (Å²) in [6, 6.07) is 10.3. The van der Waals surface area contributed by atoms with Gasteiger partial charge in [0.25, 0.3) is 11.8 Å². The molecular weight excluding hydrogens is 544 g/mol. The Balaban J connectivity index is 1.24. The van der Waals surface area contributed by atoms with Crippen LogP contribution in [0, 0.1) is 29.4 Å². The van der Waals surface area contributed by atoms with Crippen molar-refractivity contribution < 1.29 is 27.8 Å². The number of pyridine rings is 1. The minimum Gasteiger partial charge on any atom is -0.494 e. The number of hydrogen-bond donors (Lipinski definition) is 1. The van der Waals surface area contributed by atoms with E-state index in [1.807, 2.05) is 45.0 Å². The molecule has 2 aliphatic heterocycles. The fourth-order valence-corrected chi connectivity index (χ4v) is 5.18. The number of aromatic nitrogens is 1. The van der Waals surface area contributed by atoms with Gasteiger partial charge in [0.15, 0.2) is 11.6 Å². The van der Waals surface area contributed by atoms with Gasteiger partial charge in [-0.05, 0) is 77.8 Å². The van der Waals surface area contributed by atoms with E-state index < -0.39 is 28.4 Å². The molecule has 0 spiro atoms. The molecule has 0 aliphatic carbocycles. The molecule has 1 N–H and O–H groups in total. The van der Waals surface area contributed by atoms with Crippen molar-refractivity contribution in [2.24, 2.45) is 21.0 Å². The van der Waals surface area contributed by atoms with Gasteiger partial charge >= 0.3 is 0 Å². The smallest absolute Gasteiger partial charge is 0.254 e. The predicted molar refractivity (Wildman–Crippen MR) is 155 cm³/mol. The number of amides is 2. The van der Waals surface area contributed by atoms with Crippen LogP contribution in [0.5, 0.6) is 11.5 Å². The number of fused-ring (bicyclic) bond motifs is 1. The lowest BCUT2D eigenvalue weighted by Crippen LogP contribution is -2.35. The van der Waals surface area contributed by atoms with Crippen molar-refractivity contribution >= 4 is 34.1 Å². The normalized spacial score (nSPS) is 17.4. The molecule has 220 valence electrons. The van der Waals surface area contributed by atoms with Gasteiger partial charge in [0.05, 0.1) is 36.0 Å². The molecule has 3 aromatic rings. The highest BCUT2D eigenvalue weighted by molar-refractivity contribution is 6.23. The predicted octanol–water partition coefficient (Wildman–Crippen LogP) is 5.12. The molecule has 42 heavy (non-hydrogen) atoms. The molecule has 0 radical (unpaired) electrons. The summed E-state index contributed by atoms with van der Waals surface area (Å²) in [4.78, 5) is 29.9. The summed E-state index contributed by atoms with van der Waals surface area (Å²) in [6.07, 6.45) is 1.01. The number of unbranched alkanes of at least 4 members (excludes halogenated alkanes) is 1. The van der Waals surface area contributed by atoms with Crippen LogP contribution in [-0.2, 0) is 9.59 Å². The topological polar surface area (TPSA) is 105 Å². The maximum absolute atomic E-state index is 14.9. The van der Waals surface area contributed by atoms with Crippen LogP contribution in [0.15, 0.2) is 46.6 Å². The molecule has 0 bridgehead atoms. The standard InChI is InChI=1S/C31H33F2N5O4/c1-17-9-10-18-19(11-14-22(41-6)25(18)34-17)27-31(4,5)29(40)38(37-27)15-7-8-16-42-21-13-12-20(23(32)24(21)33)26-30(2,3)28(39)36-35-26/h9-14H,7-8,15-16H2,1-6H3,(H,36,39). The zero-order valence-corrected chi connectivity index (χ0v) is 24.5. The SMILES string of the molecule is COc1ccc(C2=NN(CCCCOc3ccc(C4=NNC(=O)C4(C)C)c(F)c3F)C(=O)C2(C)C)c2ccc(C)nc12. The third-order valence-corrected chi connectivity index (χ3v) is 7.77. The first kappa shape index (κ1) is 29.1. The number of nitrogens with zero attached hydrogens (tertiary/aromatic N) is 4. The van der Waals surface area contributed by atoms with Gasteiger partial charge in [-0.15, -0.1) is 0 Å². The zero-order chi connectivity index (χ0) is 30.4. The van der Waals surface area contributed by atoms with Crippen LogP contribution in [0.3, 0.4) is 0 Å². The molecule has 0 atom stereocenters. The molecule has 2 aliphatic rings. The van der Waals surface area contributed by atoms with Gasteiger partial charge in [0.2, 0.25) is 5.82 Å². The molecule has 2 aromatic carbocycles. The van der Waals surface area contributed by atoms with Crippen LogP contribution in [-0.4, -0.2) is 53.5 Å². The summed E-state index contributed by atoms with van der Waals surface area (Å²) in [5.41, 5.74) is 3.42. The largest absolute Gasteiger partial charge is 0.494 e. The number of halogens is 2. The van der Waals surface area contributed by atoms with Gasteiger partial charge in [-0.1, -0.05) is 6.07 Å². The van der Waals surface area contributed by atoms with Gasteiger partial charge in [-0.25, -0.2) is 19.8 Å². The number of aryl methyl sites for hydroxylation is 1. The van der Waals surface area contributed by atoms with E-state index in [1.54, 1.807) is 21.0 Å². The summed E-state index contributed by atoms with van der Waals surface area (Å²) in [5.74, 6) is -2.38. The van der Waals surface area contributed by atoms with Crippen molar-refractivity contribution in [2.45, 2.75) is 47.5 Å². The van der Waals surface area contributed by atoms with Crippen molar-refractivity contribution in [3.8, 4) is 11.5 Å². The highest BCUT2D eigenvalue weighted by atomic mass is 19.2. The Labute approximate surface area is 242 Å². The number of methoxy groups -OCH3 is 1. The number of carbonyl (C=O) groups is 2. The van der Waals surface area contributed by atoms with Crippen LogP contribution in [0.25, 0.3) is 10.9 Å². The van der Waals surface area contributed by atoms with E-state index in [4.69, 9.17) is 14.6 Å². The number of nitrogens with one attached hydrogen (secondary N) is 1. The van der Waals surface area contributed by atoms with Crippen LogP contribution < -0.4 is 14.9 Å². The molecule has 2 amide bonds. The highest BCUT2D eigenvalue weighted by Gasteiger charge is 2.44. The Morgan fingerprint density at radius 1 is 0.881 bits per heavy atom. The fraction of sp³-hybridized carbons (Fsp3) is 0.387. The number of rotatable bonds is 9. The number of ether oxygens (including phenoxy) is 2. The second kappa shape index (κ2) is 10.8. The molecule has 9 nitrogen and oxygen atoms in total. The van der Waals surface area contributed by atoms with Crippen LogP contribution >= 0.6 is 0 Å². The van der Waals surface area contributed by atoms with Gasteiger partial charge in [0.1, 0.15) is 11.3 Å².